The quantitative estimate of drug-likeness (QED) is 0.587. The molecule has 0 aliphatic heterocycles. The highest BCUT2D eigenvalue weighted by molar-refractivity contribution is 7.89. The lowest BCUT2D eigenvalue weighted by molar-refractivity contribution is -0.142. The van der Waals surface area contributed by atoms with Gasteiger partial charge < -0.3 is 9.30 Å². The average molecular weight is 378 g/mol. The molecular formula is C18H22N2O5S. The number of Topliss-reactive ketones (excluding diaryl/α,β-unsaturated/α-hetero) is 1. The lowest BCUT2D eigenvalue weighted by Gasteiger charge is -2.10. The summed E-state index contributed by atoms with van der Waals surface area (Å²) in [6.45, 7) is 5.17. The molecule has 0 aliphatic rings. The molecule has 0 fully saturated rings. The van der Waals surface area contributed by atoms with Crippen molar-refractivity contribution in [2.45, 2.75) is 38.5 Å². The van der Waals surface area contributed by atoms with Gasteiger partial charge in [-0.25, -0.2) is 13.6 Å². The van der Waals surface area contributed by atoms with E-state index in [1.165, 1.54) is 12.1 Å². The molecule has 0 spiro atoms. The topological polar surface area (TPSA) is 108 Å². The van der Waals surface area contributed by atoms with Gasteiger partial charge in [0.1, 0.15) is 0 Å². The maximum absolute atomic E-state index is 12.4. The van der Waals surface area contributed by atoms with Crippen molar-refractivity contribution in [2.24, 2.45) is 5.14 Å². The standard InChI is InChI=1S/C18H22N2O5S/c1-4-5-18(22)25-11-17(21)16-10-12(2)20(13(16)3)14-6-8-15(9-7-14)26(19,23)24/h6-10H,4-5,11H2,1-3H3,(H2,19,23,24). The molecule has 1 heterocycles. The van der Waals surface area contributed by atoms with Crippen molar-refractivity contribution in [3.8, 4) is 5.69 Å². The van der Waals surface area contributed by atoms with E-state index in [4.69, 9.17) is 9.88 Å². The highest BCUT2D eigenvalue weighted by Gasteiger charge is 2.18. The number of nitrogens with zero attached hydrogens (tertiary/aromatic N) is 1. The van der Waals surface area contributed by atoms with E-state index >= 15 is 0 Å². The Labute approximate surface area is 152 Å². The zero-order valence-corrected chi connectivity index (χ0v) is 15.8. The summed E-state index contributed by atoms with van der Waals surface area (Å²) in [4.78, 5) is 23.8. The number of aromatic nitrogens is 1. The second kappa shape index (κ2) is 7.84. The smallest absolute Gasteiger partial charge is 0.306 e. The first kappa shape index (κ1) is 19.9. The Morgan fingerprint density at radius 2 is 1.77 bits per heavy atom. The number of nitrogens with two attached hydrogens (primary N) is 1. The summed E-state index contributed by atoms with van der Waals surface area (Å²) in [7, 11) is -3.76. The molecule has 140 valence electrons. The van der Waals surface area contributed by atoms with Crippen molar-refractivity contribution >= 4 is 21.8 Å². The van der Waals surface area contributed by atoms with E-state index in [-0.39, 0.29) is 23.7 Å². The van der Waals surface area contributed by atoms with Gasteiger partial charge >= 0.3 is 5.97 Å². The molecule has 0 saturated heterocycles. The number of hydrogen-bond acceptors (Lipinski definition) is 5. The first-order valence-electron chi connectivity index (χ1n) is 8.16. The molecule has 7 nitrogen and oxygen atoms in total. The summed E-state index contributed by atoms with van der Waals surface area (Å²) in [5, 5.41) is 5.11. The van der Waals surface area contributed by atoms with Crippen LogP contribution < -0.4 is 5.14 Å². The monoisotopic (exact) mass is 378 g/mol. The largest absolute Gasteiger partial charge is 0.457 e. The number of carbonyl (C=O) groups is 2. The maximum Gasteiger partial charge on any atom is 0.306 e. The van der Waals surface area contributed by atoms with Crippen molar-refractivity contribution in [3.63, 3.8) is 0 Å². The number of carbonyl (C=O) groups excluding carboxylic acids is 2. The fourth-order valence-corrected chi connectivity index (χ4v) is 3.24. The van der Waals surface area contributed by atoms with Gasteiger partial charge in [0, 0.05) is 29.1 Å². The Morgan fingerprint density at radius 1 is 1.15 bits per heavy atom. The average Bonchev–Trinajstić information content (AvgIpc) is 2.87. The van der Waals surface area contributed by atoms with Gasteiger partial charge in [0.05, 0.1) is 4.90 Å². The van der Waals surface area contributed by atoms with Gasteiger partial charge in [-0.15, -0.1) is 0 Å². The first-order valence-corrected chi connectivity index (χ1v) is 9.70. The van der Waals surface area contributed by atoms with Crippen LogP contribution in [0.4, 0.5) is 0 Å². The Balaban J connectivity index is 2.27. The van der Waals surface area contributed by atoms with E-state index in [1.807, 2.05) is 18.4 Å². The van der Waals surface area contributed by atoms with Gasteiger partial charge in [0.25, 0.3) is 0 Å². The lowest BCUT2D eigenvalue weighted by atomic mass is 10.1. The summed E-state index contributed by atoms with van der Waals surface area (Å²) in [6, 6.07) is 7.79. The Bertz CT molecular complexity index is 927. The molecule has 2 N–H and O–H groups in total. The van der Waals surface area contributed by atoms with Crippen LogP contribution in [-0.4, -0.2) is 31.3 Å². The SMILES string of the molecule is CCCC(=O)OCC(=O)c1cc(C)n(-c2ccc(S(N)(=O)=O)cc2)c1C. The van der Waals surface area contributed by atoms with Crippen LogP contribution in [0, 0.1) is 13.8 Å². The summed E-state index contributed by atoms with van der Waals surface area (Å²) < 4.78 is 29.5. The lowest BCUT2D eigenvalue weighted by Crippen LogP contribution is -2.14. The molecular weight excluding hydrogens is 356 g/mol. The summed E-state index contributed by atoms with van der Waals surface area (Å²) >= 11 is 0. The summed E-state index contributed by atoms with van der Waals surface area (Å²) in [5.41, 5.74) is 2.65. The van der Waals surface area contributed by atoms with Crippen molar-refractivity contribution in [3.05, 3.63) is 47.3 Å². The van der Waals surface area contributed by atoms with E-state index in [1.54, 1.807) is 25.1 Å². The highest BCUT2D eigenvalue weighted by Crippen LogP contribution is 2.22. The van der Waals surface area contributed by atoms with Crippen LogP contribution in [0.3, 0.4) is 0 Å². The van der Waals surface area contributed by atoms with Gasteiger partial charge in [0.2, 0.25) is 15.8 Å². The number of esters is 1. The summed E-state index contributed by atoms with van der Waals surface area (Å²) in [6.07, 6.45) is 0.943. The first-order chi connectivity index (χ1) is 12.1. The van der Waals surface area contributed by atoms with Crippen molar-refractivity contribution < 1.29 is 22.7 Å². The van der Waals surface area contributed by atoms with Crippen LogP contribution in [0.2, 0.25) is 0 Å². The van der Waals surface area contributed by atoms with Crippen LogP contribution in [0.15, 0.2) is 35.2 Å². The number of benzene rings is 1. The fraction of sp³-hybridized carbons (Fsp3) is 0.333. The van der Waals surface area contributed by atoms with E-state index in [0.29, 0.717) is 23.4 Å². The molecule has 26 heavy (non-hydrogen) atoms. The van der Waals surface area contributed by atoms with E-state index < -0.39 is 16.0 Å². The molecule has 8 heteroatoms. The van der Waals surface area contributed by atoms with Gasteiger partial charge in [-0.05, 0) is 50.6 Å². The summed E-state index contributed by atoms with van der Waals surface area (Å²) in [5.74, 6) is -0.678. The molecule has 2 rings (SSSR count). The van der Waals surface area contributed by atoms with Crippen LogP contribution >= 0.6 is 0 Å². The molecule has 0 unspecified atom stereocenters. The zero-order chi connectivity index (χ0) is 19.5. The number of primary sulfonamides is 1. The van der Waals surface area contributed by atoms with Crippen LogP contribution in [0.5, 0.6) is 0 Å². The number of aryl methyl sites for hydroxylation is 1. The third-order valence-electron chi connectivity index (χ3n) is 3.97. The van der Waals surface area contributed by atoms with E-state index in [2.05, 4.69) is 0 Å². The molecule has 0 radical (unpaired) electrons. The Kier molecular flexibility index (Phi) is 5.99. The second-order valence-corrected chi connectivity index (χ2v) is 7.55. The number of rotatable bonds is 7. The molecule has 1 aromatic heterocycles. The van der Waals surface area contributed by atoms with Crippen LogP contribution in [-0.2, 0) is 19.6 Å². The molecule has 0 aliphatic carbocycles. The fourth-order valence-electron chi connectivity index (χ4n) is 2.73. The highest BCUT2D eigenvalue weighted by atomic mass is 32.2. The van der Waals surface area contributed by atoms with Gasteiger partial charge in [0.15, 0.2) is 6.61 Å². The minimum atomic E-state index is -3.76. The van der Waals surface area contributed by atoms with Gasteiger partial charge in [-0.3, -0.25) is 9.59 Å². The van der Waals surface area contributed by atoms with Gasteiger partial charge in [-0.1, -0.05) is 6.92 Å². The molecule has 0 saturated carbocycles. The molecule has 0 atom stereocenters. The molecule has 2 aromatic rings. The van der Waals surface area contributed by atoms with Crippen LogP contribution in [0.25, 0.3) is 5.69 Å². The van der Waals surface area contributed by atoms with Crippen molar-refractivity contribution in [2.75, 3.05) is 6.61 Å². The number of ether oxygens (including phenoxy) is 1. The maximum atomic E-state index is 12.4. The minimum Gasteiger partial charge on any atom is -0.457 e. The van der Waals surface area contributed by atoms with Crippen LogP contribution in [0.1, 0.15) is 41.5 Å². The Morgan fingerprint density at radius 3 is 2.31 bits per heavy atom. The van der Waals surface area contributed by atoms with E-state index in [9.17, 15) is 18.0 Å². The zero-order valence-electron chi connectivity index (χ0n) is 15.0. The van der Waals surface area contributed by atoms with Crippen molar-refractivity contribution in [1.82, 2.24) is 4.57 Å². The normalized spacial score (nSPS) is 11.4. The molecule has 0 bridgehead atoms. The number of hydrogen-bond donors (Lipinski definition) is 1. The number of sulfonamides is 1. The third-order valence-corrected chi connectivity index (χ3v) is 4.90. The van der Waals surface area contributed by atoms with Crippen molar-refractivity contribution in [1.29, 1.82) is 0 Å². The molecule has 0 amide bonds. The second-order valence-electron chi connectivity index (χ2n) is 5.99. The predicted molar refractivity (Wildman–Crippen MR) is 96.8 cm³/mol. The van der Waals surface area contributed by atoms with E-state index in [0.717, 1.165) is 5.69 Å². The molecule has 1 aromatic carbocycles. The Hall–Kier alpha value is -2.45. The predicted octanol–water partition coefficient (Wildman–Crippen LogP) is 2.27. The minimum absolute atomic E-state index is 0.0165. The number of ketones is 1. The van der Waals surface area contributed by atoms with Gasteiger partial charge in [-0.2, -0.15) is 0 Å². The third kappa shape index (κ3) is 4.39.